The number of aromatic nitrogens is 1. The average Bonchev–Trinajstić information content (AvgIpc) is 2.75. The van der Waals surface area contributed by atoms with E-state index in [9.17, 15) is 8.78 Å². The first kappa shape index (κ1) is 12.0. The molecule has 5 heteroatoms. The van der Waals surface area contributed by atoms with Crippen LogP contribution in [0.2, 0.25) is 0 Å². The van der Waals surface area contributed by atoms with Crippen LogP contribution < -0.4 is 5.32 Å². The number of aryl methyl sites for hydroxylation is 1. The van der Waals surface area contributed by atoms with Crippen LogP contribution in [0.5, 0.6) is 0 Å². The van der Waals surface area contributed by atoms with E-state index in [0.717, 1.165) is 34.0 Å². The molecule has 0 radical (unpaired) electrons. The van der Waals surface area contributed by atoms with Gasteiger partial charge in [-0.05, 0) is 36.8 Å². The van der Waals surface area contributed by atoms with Gasteiger partial charge in [-0.15, -0.1) is 0 Å². The summed E-state index contributed by atoms with van der Waals surface area (Å²) in [5.74, 6) is -0.988. The van der Waals surface area contributed by atoms with Crippen molar-refractivity contribution in [1.29, 1.82) is 0 Å². The Balaban J connectivity index is 1.98. The third-order valence-electron chi connectivity index (χ3n) is 2.71. The minimum Gasteiger partial charge on any atom is -0.329 e. The van der Waals surface area contributed by atoms with E-state index < -0.39 is 11.6 Å². The molecule has 1 heterocycles. The molecule has 0 atom stereocenters. The molecule has 1 aromatic heterocycles. The molecule has 1 N–H and O–H groups in total. The lowest BCUT2D eigenvalue weighted by Gasteiger charge is -2.03. The fourth-order valence-corrected chi connectivity index (χ4v) is 2.66. The van der Waals surface area contributed by atoms with Gasteiger partial charge in [-0.1, -0.05) is 17.4 Å². The van der Waals surface area contributed by atoms with Crippen molar-refractivity contribution in [3.8, 4) is 0 Å². The molecule has 0 fully saturated rings. The van der Waals surface area contributed by atoms with Crippen molar-refractivity contribution in [3.63, 3.8) is 0 Å². The lowest BCUT2D eigenvalue weighted by Crippen LogP contribution is -1.93. The summed E-state index contributed by atoms with van der Waals surface area (Å²) in [5, 5.41) is 3.36. The molecule has 2 nitrogen and oxygen atoms in total. The van der Waals surface area contributed by atoms with Gasteiger partial charge in [0.05, 0.1) is 15.9 Å². The molecular formula is C14H10F2N2S. The van der Waals surface area contributed by atoms with E-state index in [1.54, 1.807) is 0 Å². The van der Waals surface area contributed by atoms with Crippen molar-refractivity contribution in [2.75, 3.05) is 5.32 Å². The van der Waals surface area contributed by atoms with Crippen LogP contribution in [0.4, 0.5) is 19.6 Å². The molecular weight excluding hydrogens is 266 g/mol. The Labute approximate surface area is 112 Å². The van der Waals surface area contributed by atoms with E-state index in [-0.39, 0.29) is 5.69 Å². The van der Waals surface area contributed by atoms with E-state index in [1.807, 2.05) is 25.1 Å². The third kappa shape index (κ3) is 2.42. The molecule has 0 aliphatic carbocycles. The number of hydrogen-bond acceptors (Lipinski definition) is 3. The minimum absolute atomic E-state index is 0.0933. The summed E-state index contributed by atoms with van der Waals surface area (Å²) in [6.07, 6.45) is 0. The molecule has 0 spiro atoms. The first-order chi connectivity index (χ1) is 9.11. The summed E-state index contributed by atoms with van der Waals surface area (Å²) in [4.78, 5) is 4.36. The highest BCUT2D eigenvalue weighted by atomic mass is 32.1. The molecule has 3 aromatic rings. The van der Waals surface area contributed by atoms with Crippen molar-refractivity contribution in [1.82, 2.24) is 4.98 Å². The zero-order valence-corrected chi connectivity index (χ0v) is 10.9. The van der Waals surface area contributed by atoms with Crippen molar-refractivity contribution >= 4 is 32.4 Å². The number of thiazole rings is 1. The van der Waals surface area contributed by atoms with E-state index in [2.05, 4.69) is 10.3 Å². The Morgan fingerprint density at radius 3 is 2.79 bits per heavy atom. The molecule has 0 saturated heterocycles. The summed E-state index contributed by atoms with van der Waals surface area (Å²) in [7, 11) is 0. The molecule has 0 amide bonds. The number of nitrogens with one attached hydrogen (secondary N) is 1. The van der Waals surface area contributed by atoms with E-state index in [0.29, 0.717) is 5.13 Å². The van der Waals surface area contributed by atoms with Crippen molar-refractivity contribution in [3.05, 3.63) is 53.6 Å². The molecule has 96 valence electrons. The number of benzene rings is 2. The van der Waals surface area contributed by atoms with E-state index in [1.165, 1.54) is 11.3 Å². The minimum atomic E-state index is -0.503. The third-order valence-corrected chi connectivity index (χ3v) is 3.66. The summed E-state index contributed by atoms with van der Waals surface area (Å²) < 4.78 is 27.6. The molecule has 2 aromatic carbocycles. The normalized spacial score (nSPS) is 10.9. The van der Waals surface area contributed by atoms with Gasteiger partial charge in [-0.3, -0.25) is 0 Å². The molecule has 0 aliphatic rings. The summed E-state index contributed by atoms with van der Waals surface area (Å²) in [6, 6.07) is 9.21. The Kier molecular flexibility index (Phi) is 2.91. The predicted molar refractivity (Wildman–Crippen MR) is 74.0 cm³/mol. The second kappa shape index (κ2) is 4.59. The summed E-state index contributed by atoms with van der Waals surface area (Å²) in [5.41, 5.74) is 2.06. The van der Waals surface area contributed by atoms with Gasteiger partial charge >= 0.3 is 0 Å². The van der Waals surface area contributed by atoms with E-state index in [4.69, 9.17) is 0 Å². The topological polar surface area (TPSA) is 24.9 Å². The monoisotopic (exact) mass is 276 g/mol. The van der Waals surface area contributed by atoms with Gasteiger partial charge in [-0.2, -0.15) is 0 Å². The van der Waals surface area contributed by atoms with Gasteiger partial charge in [0.2, 0.25) is 0 Å². The summed E-state index contributed by atoms with van der Waals surface area (Å²) in [6.45, 7) is 1.98. The predicted octanol–water partition coefficient (Wildman–Crippen LogP) is 4.63. The highest BCUT2D eigenvalue weighted by molar-refractivity contribution is 7.22. The number of rotatable bonds is 2. The molecule has 0 aliphatic heterocycles. The lowest BCUT2D eigenvalue weighted by atomic mass is 10.2. The van der Waals surface area contributed by atoms with Crippen LogP contribution in [0, 0.1) is 18.6 Å². The molecule has 0 saturated carbocycles. The maximum atomic E-state index is 13.5. The van der Waals surface area contributed by atoms with Crippen molar-refractivity contribution in [2.45, 2.75) is 6.92 Å². The number of hydrogen-bond donors (Lipinski definition) is 1. The van der Waals surface area contributed by atoms with Crippen LogP contribution in [0.3, 0.4) is 0 Å². The van der Waals surface area contributed by atoms with Gasteiger partial charge < -0.3 is 5.32 Å². The Hall–Kier alpha value is -2.01. The first-order valence-electron chi connectivity index (χ1n) is 5.71. The van der Waals surface area contributed by atoms with E-state index >= 15 is 0 Å². The van der Waals surface area contributed by atoms with Crippen LogP contribution in [-0.2, 0) is 0 Å². The van der Waals surface area contributed by atoms with Gasteiger partial charge in [0.1, 0.15) is 11.6 Å². The number of anilines is 2. The Morgan fingerprint density at radius 1 is 1.11 bits per heavy atom. The van der Waals surface area contributed by atoms with Crippen molar-refractivity contribution in [2.24, 2.45) is 0 Å². The zero-order chi connectivity index (χ0) is 13.4. The van der Waals surface area contributed by atoms with Gasteiger partial charge in [-0.25, -0.2) is 13.8 Å². The Morgan fingerprint density at radius 2 is 1.95 bits per heavy atom. The fourth-order valence-electron chi connectivity index (χ4n) is 1.80. The van der Waals surface area contributed by atoms with Gasteiger partial charge in [0, 0.05) is 6.07 Å². The smallest absolute Gasteiger partial charge is 0.188 e. The largest absolute Gasteiger partial charge is 0.329 e. The number of halogens is 2. The number of nitrogens with zero attached hydrogens (tertiary/aromatic N) is 1. The number of fused-ring (bicyclic) bond motifs is 1. The SMILES string of the molecule is Cc1ccc2sc(Nc3cc(F)ccc3F)nc2c1. The second-order valence-corrected chi connectivity index (χ2v) is 5.27. The second-order valence-electron chi connectivity index (χ2n) is 4.24. The lowest BCUT2D eigenvalue weighted by molar-refractivity contribution is 0.603. The Bertz CT molecular complexity index is 752. The molecule has 0 unspecified atom stereocenters. The molecule has 19 heavy (non-hydrogen) atoms. The summed E-state index contributed by atoms with van der Waals surface area (Å²) >= 11 is 1.40. The first-order valence-corrected chi connectivity index (χ1v) is 6.53. The van der Waals surface area contributed by atoms with Crippen LogP contribution in [0.15, 0.2) is 36.4 Å². The van der Waals surface area contributed by atoms with Crippen LogP contribution in [-0.4, -0.2) is 4.98 Å². The van der Waals surface area contributed by atoms with Gasteiger partial charge in [0.25, 0.3) is 0 Å². The highest BCUT2D eigenvalue weighted by Crippen LogP contribution is 2.29. The maximum absolute atomic E-state index is 13.5. The zero-order valence-electron chi connectivity index (χ0n) is 10.1. The van der Waals surface area contributed by atoms with Crippen LogP contribution in [0.1, 0.15) is 5.56 Å². The molecule has 0 bridgehead atoms. The fraction of sp³-hybridized carbons (Fsp3) is 0.0714. The van der Waals surface area contributed by atoms with Crippen LogP contribution in [0.25, 0.3) is 10.2 Å². The van der Waals surface area contributed by atoms with Gasteiger partial charge in [0.15, 0.2) is 5.13 Å². The molecule has 3 rings (SSSR count). The van der Waals surface area contributed by atoms with Crippen molar-refractivity contribution < 1.29 is 8.78 Å². The average molecular weight is 276 g/mol. The van der Waals surface area contributed by atoms with Crippen LogP contribution >= 0.6 is 11.3 Å². The highest BCUT2D eigenvalue weighted by Gasteiger charge is 2.08. The quantitative estimate of drug-likeness (QED) is 0.738. The maximum Gasteiger partial charge on any atom is 0.188 e. The standard InChI is InChI=1S/C14H10F2N2S/c1-8-2-5-13-12(6-8)18-14(19-13)17-11-7-9(15)3-4-10(11)16/h2-7H,1H3,(H,17,18).